The SMILES string of the molecule is N#Cc1ccc(Cc2cnc(NC(=O)C3CCCN(C(=O)N4CCCC4)C3)s2)cc1. The highest BCUT2D eigenvalue weighted by molar-refractivity contribution is 7.15. The Kier molecular flexibility index (Phi) is 6.29. The highest BCUT2D eigenvalue weighted by Crippen LogP contribution is 2.24. The number of rotatable bonds is 4. The number of piperidine rings is 1. The standard InChI is InChI=1S/C22H25N5O2S/c23-13-17-7-5-16(6-8-17)12-19-14-24-21(30-19)25-20(28)18-4-3-11-27(15-18)22(29)26-9-1-2-10-26/h5-8,14,18H,1-4,9-12,15H2,(H,24,25,28). The van der Waals surface area contributed by atoms with E-state index < -0.39 is 0 Å². The van der Waals surface area contributed by atoms with Gasteiger partial charge in [0.1, 0.15) is 0 Å². The van der Waals surface area contributed by atoms with Crippen LogP contribution in [0.1, 0.15) is 41.7 Å². The third-order valence-corrected chi connectivity index (χ3v) is 6.60. The predicted octanol–water partition coefficient (Wildman–Crippen LogP) is 3.47. The maximum Gasteiger partial charge on any atom is 0.320 e. The molecule has 3 heterocycles. The number of carbonyl (C=O) groups excluding carboxylic acids is 2. The van der Waals surface area contributed by atoms with E-state index in [2.05, 4.69) is 16.4 Å². The number of anilines is 1. The van der Waals surface area contributed by atoms with Gasteiger partial charge in [0.2, 0.25) is 5.91 Å². The Morgan fingerprint density at radius 2 is 1.87 bits per heavy atom. The minimum Gasteiger partial charge on any atom is -0.325 e. The number of benzene rings is 1. The van der Waals surface area contributed by atoms with Gasteiger partial charge in [-0.15, -0.1) is 11.3 Å². The topological polar surface area (TPSA) is 89.3 Å². The fraction of sp³-hybridized carbons (Fsp3) is 0.455. The molecular formula is C22H25N5O2S. The highest BCUT2D eigenvalue weighted by Gasteiger charge is 2.31. The summed E-state index contributed by atoms with van der Waals surface area (Å²) < 4.78 is 0. The van der Waals surface area contributed by atoms with E-state index >= 15 is 0 Å². The first-order chi connectivity index (χ1) is 14.6. The van der Waals surface area contributed by atoms with Crippen molar-refractivity contribution in [3.63, 3.8) is 0 Å². The van der Waals surface area contributed by atoms with Crippen molar-refractivity contribution in [1.82, 2.24) is 14.8 Å². The van der Waals surface area contributed by atoms with Crippen molar-refractivity contribution in [2.45, 2.75) is 32.1 Å². The zero-order valence-electron chi connectivity index (χ0n) is 16.8. The number of amides is 3. The Morgan fingerprint density at radius 1 is 1.13 bits per heavy atom. The van der Waals surface area contributed by atoms with Gasteiger partial charge in [-0.05, 0) is 43.4 Å². The fourth-order valence-electron chi connectivity index (χ4n) is 4.03. The van der Waals surface area contributed by atoms with Crippen LogP contribution in [0.25, 0.3) is 0 Å². The van der Waals surface area contributed by atoms with E-state index in [1.807, 2.05) is 21.9 Å². The van der Waals surface area contributed by atoms with Crippen LogP contribution in [0.4, 0.5) is 9.93 Å². The normalized spacial score (nSPS) is 18.8. The van der Waals surface area contributed by atoms with Crippen LogP contribution >= 0.6 is 11.3 Å². The van der Waals surface area contributed by atoms with Gasteiger partial charge in [-0.25, -0.2) is 9.78 Å². The zero-order valence-corrected chi connectivity index (χ0v) is 17.7. The molecule has 2 saturated heterocycles. The molecule has 7 nitrogen and oxygen atoms in total. The molecule has 4 rings (SSSR count). The van der Waals surface area contributed by atoms with Crippen LogP contribution in [-0.4, -0.2) is 52.9 Å². The summed E-state index contributed by atoms with van der Waals surface area (Å²) in [4.78, 5) is 34.5. The lowest BCUT2D eigenvalue weighted by Gasteiger charge is -2.34. The van der Waals surface area contributed by atoms with Crippen LogP contribution in [0.2, 0.25) is 0 Å². The molecule has 8 heteroatoms. The highest BCUT2D eigenvalue weighted by atomic mass is 32.1. The summed E-state index contributed by atoms with van der Waals surface area (Å²) in [7, 11) is 0. The molecule has 1 unspecified atom stereocenters. The van der Waals surface area contributed by atoms with Gasteiger partial charge in [0, 0.05) is 43.7 Å². The van der Waals surface area contributed by atoms with Crippen molar-refractivity contribution in [2.75, 3.05) is 31.5 Å². The van der Waals surface area contributed by atoms with E-state index in [1.165, 1.54) is 11.3 Å². The largest absolute Gasteiger partial charge is 0.325 e. The molecule has 1 aromatic carbocycles. The number of thiazole rings is 1. The van der Waals surface area contributed by atoms with Gasteiger partial charge in [-0.3, -0.25) is 4.79 Å². The van der Waals surface area contributed by atoms with E-state index in [1.54, 1.807) is 18.3 Å². The van der Waals surface area contributed by atoms with Crippen molar-refractivity contribution in [3.05, 3.63) is 46.5 Å². The molecule has 0 saturated carbocycles. The number of hydrogen-bond acceptors (Lipinski definition) is 5. The Balaban J connectivity index is 1.32. The second-order valence-electron chi connectivity index (χ2n) is 7.87. The number of carbonyl (C=O) groups is 2. The number of nitrogens with one attached hydrogen (secondary N) is 1. The summed E-state index contributed by atoms with van der Waals surface area (Å²) in [5, 5.41) is 12.4. The van der Waals surface area contributed by atoms with E-state index in [0.717, 1.165) is 55.8 Å². The fourth-order valence-corrected chi connectivity index (χ4v) is 4.88. The number of nitrogens with zero attached hydrogens (tertiary/aromatic N) is 4. The summed E-state index contributed by atoms with van der Waals surface area (Å²) in [6.07, 6.45) is 6.26. The van der Waals surface area contributed by atoms with E-state index in [0.29, 0.717) is 23.7 Å². The lowest BCUT2D eigenvalue weighted by molar-refractivity contribution is -0.121. The first kappa shape index (κ1) is 20.4. The summed E-state index contributed by atoms with van der Waals surface area (Å²) in [5.74, 6) is -0.260. The molecule has 1 atom stereocenters. The van der Waals surface area contributed by atoms with Gasteiger partial charge in [-0.1, -0.05) is 12.1 Å². The van der Waals surface area contributed by atoms with Crippen molar-refractivity contribution in [2.24, 2.45) is 5.92 Å². The Bertz CT molecular complexity index is 943. The molecule has 0 radical (unpaired) electrons. The van der Waals surface area contributed by atoms with Gasteiger partial charge >= 0.3 is 6.03 Å². The Hall–Kier alpha value is -2.92. The summed E-state index contributed by atoms with van der Waals surface area (Å²) in [5.41, 5.74) is 1.74. The van der Waals surface area contributed by atoms with Gasteiger partial charge < -0.3 is 15.1 Å². The van der Waals surface area contributed by atoms with Gasteiger partial charge in [0.05, 0.1) is 17.6 Å². The molecule has 1 aromatic heterocycles. The maximum absolute atomic E-state index is 12.8. The molecule has 3 amide bonds. The minimum atomic E-state index is -0.198. The number of aromatic nitrogens is 1. The molecule has 0 bridgehead atoms. The molecule has 2 aliphatic heterocycles. The molecule has 156 valence electrons. The van der Waals surface area contributed by atoms with Crippen molar-refractivity contribution in [3.8, 4) is 6.07 Å². The number of hydrogen-bond donors (Lipinski definition) is 1. The van der Waals surface area contributed by atoms with Crippen molar-refractivity contribution >= 4 is 28.4 Å². The van der Waals surface area contributed by atoms with Crippen LogP contribution in [0, 0.1) is 17.2 Å². The average molecular weight is 424 g/mol. The zero-order chi connectivity index (χ0) is 20.9. The number of nitriles is 1. The maximum atomic E-state index is 12.8. The van der Waals surface area contributed by atoms with Crippen LogP contribution in [-0.2, 0) is 11.2 Å². The van der Waals surface area contributed by atoms with Crippen LogP contribution in [0.5, 0.6) is 0 Å². The quantitative estimate of drug-likeness (QED) is 0.815. The molecule has 0 spiro atoms. The number of likely N-dealkylation sites (tertiary alicyclic amines) is 2. The van der Waals surface area contributed by atoms with E-state index in [4.69, 9.17) is 5.26 Å². The summed E-state index contributed by atoms with van der Waals surface area (Å²) >= 11 is 1.46. The van der Waals surface area contributed by atoms with Gasteiger partial charge in [-0.2, -0.15) is 5.26 Å². The van der Waals surface area contributed by atoms with E-state index in [9.17, 15) is 9.59 Å². The van der Waals surface area contributed by atoms with Crippen molar-refractivity contribution in [1.29, 1.82) is 5.26 Å². The summed E-state index contributed by atoms with van der Waals surface area (Å²) in [6.45, 7) is 2.86. The molecule has 0 aliphatic carbocycles. The smallest absolute Gasteiger partial charge is 0.320 e. The molecule has 1 N–H and O–H groups in total. The second kappa shape index (κ2) is 9.26. The number of urea groups is 1. The van der Waals surface area contributed by atoms with Crippen LogP contribution < -0.4 is 5.32 Å². The van der Waals surface area contributed by atoms with E-state index in [-0.39, 0.29) is 17.9 Å². The monoisotopic (exact) mass is 423 g/mol. The molecular weight excluding hydrogens is 398 g/mol. The minimum absolute atomic E-state index is 0.0619. The molecule has 2 aromatic rings. The second-order valence-corrected chi connectivity index (χ2v) is 8.98. The lowest BCUT2D eigenvalue weighted by atomic mass is 9.97. The predicted molar refractivity (Wildman–Crippen MR) is 115 cm³/mol. The molecule has 2 aliphatic rings. The molecule has 30 heavy (non-hydrogen) atoms. The third-order valence-electron chi connectivity index (χ3n) is 5.68. The van der Waals surface area contributed by atoms with Crippen LogP contribution in [0.3, 0.4) is 0 Å². The summed E-state index contributed by atoms with van der Waals surface area (Å²) in [6, 6.07) is 9.67. The average Bonchev–Trinajstić information content (AvgIpc) is 3.46. The lowest BCUT2D eigenvalue weighted by Crippen LogP contribution is -2.48. The first-order valence-electron chi connectivity index (χ1n) is 10.4. The van der Waals surface area contributed by atoms with Crippen LogP contribution in [0.15, 0.2) is 30.5 Å². The first-order valence-corrected chi connectivity index (χ1v) is 11.2. The van der Waals surface area contributed by atoms with Gasteiger partial charge in [0.25, 0.3) is 0 Å². The van der Waals surface area contributed by atoms with Crippen molar-refractivity contribution < 1.29 is 9.59 Å². The van der Waals surface area contributed by atoms with Gasteiger partial charge in [0.15, 0.2) is 5.13 Å². The Labute approximate surface area is 180 Å². The third kappa shape index (κ3) is 4.79. The Morgan fingerprint density at radius 3 is 2.60 bits per heavy atom. The molecule has 2 fully saturated rings.